The third-order valence-electron chi connectivity index (χ3n) is 6.80. The average molecular weight is 598 g/mol. The molecule has 2 heterocycles. The van der Waals surface area contributed by atoms with Crippen LogP contribution < -0.4 is 15.0 Å². The van der Waals surface area contributed by atoms with E-state index in [9.17, 15) is 29.8 Å². The lowest BCUT2D eigenvalue weighted by Gasteiger charge is -2.29. The standard InChI is InChI=1S/C30H23N5O7S/c1-17-5-4-6-22(13-17)33-29(37)25(28(36)31-30(33)43)15-20-14-18(2)32(19(20)3)21-7-10-24(11-8-21)42-27-12-9-23(34(38)39)16-26(27)35(40)41/h4-16H,1-3H3,(H,31,36,43)/b25-15+. The second-order valence-corrected chi connectivity index (χ2v) is 10.1. The van der Waals surface area contributed by atoms with Gasteiger partial charge in [0, 0.05) is 23.1 Å². The molecule has 1 aromatic heterocycles. The highest BCUT2D eigenvalue weighted by atomic mass is 32.1. The smallest absolute Gasteiger partial charge is 0.318 e. The Labute approximate surface area is 250 Å². The van der Waals surface area contributed by atoms with E-state index in [2.05, 4.69) is 5.32 Å². The number of anilines is 1. The van der Waals surface area contributed by atoms with Crippen molar-refractivity contribution >= 4 is 52.3 Å². The Balaban J connectivity index is 1.43. The molecule has 12 nitrogen and oxygen atoms in total. The van der Waals surface area contributed by atoms with Crippen LogP contribution in [0.2, 0.25) is 0 Å². The molecule has 13 heteroatoms. The summed E-state index contributed by atoms with van der Waals surface area (Å²) >= 11 is 5.30. The largest absolute Gasteiger partial charge is 0.450 e. The van der Waals surface area contributed by atoms with Crippen LogP contribution in [0, 0.1) is 41.0 Å². The molecule has 0 radical (unpaired) electrons. The number of hydrogen-bond donors (Lipinski definition) is 1. The number of hydrogen-bond acceptors (Lipinski definition) is 8. The first-order valence-corrected chi connectivity index (χ1v) is 13.2. The number of aryl methyl sites for hydroxylation is 2. The lowest BCUT2D eigenvalue weighted by Crippen LogP contribution is -2.54. The third kappa shape index (κ3) is 5.61. The van der Waals surface area contributed by atoms with Crippen molar-refractivity contribution in [3.63, 3.8) is 0 Å². The highest BCUT2D eigenvalue weighted by Crippen LogP contribution is 2.35. The summed E-state index contributed by atoms with van der Waals surface area (Å²) < 4.78 is 7.58. The van der Waals surface area contributed by atoms with Gasteiger partial charge in [-0.1, -0.05) is 12.1 Å². The maximum absolute atomic E-state index is 13.5. The molecule has 1 fully saturated rings. The summed E-state index contributed by atoms with van der Waals surface area (Å²) in [6, 6.07) is 18.9. The van der Waals surface area contributed by atoms with E-state index in [1.807, 2.05) is 37.5 Å². The molecular formula is C30H23N5O7S. The number of carbonyl (C=O) groups excluding carboxylic acids is 2. The lowest BCUT2D eigenvalue weighted by atomic mass is 10.1. The number of thiocarbonyl (C=S) groups is 1. The zero-order valence-corrected chi connectivity index (χ0v) is 23.9. The summed E-state index contributed by atoms with van der Waals surface area (Å²) in [7, 11) is 0. The second kappa shape index (κ2) is 11.3. The molecule has 1 aliphatic heterocycles. The Hall–Kier alpha value is -5.69. The summed E-state index contributed by atoms with van der Waals surface area (Å²) in [6.45, 7) is 5.61. The number of rotatable bonds is 7. The fourth-order valence-electron chi connectivity index (χ4n) is 4.78. The van der Waals surface area contributed by atoms with Gasteiger partial charge in [-0.2, -0.15) is 0 Å². The van der Waals surface area contributed by atoms with E-state index in [0.717, 1.165) is 34.8 Å². The summed E-state index contributed by atoms with van der Waals surface area (Å²) in [6.07, 6.45) is 1.53. The van der Waals surface area contributed by atoms with E-state index < -0.39 is 33.0 Å². The van der Waals surface area contributed by atoms with Crippen LogP contribution in [-0.2, 0) is 9.59 Å². The minimum atomic E-state index is -0.746. The van der Waals surface area contributed by atoms with Gasteiger partial charge in [-0.3, -0.25) is 40.0 Å². The Bertz CT molecular complexity index is 1880. The molecule has 0 unspecified atom stereocenters. The fraction of sp³-hybridized carbons (Fsp3) is 0.100. The van der Waals surface area contributed by atoms with Crippen molar-refractivity contribution in [3.8, 4) is 17.2 Å². The van der Waals surface area contributed by atoms with E-state index in [4.69, 9.17) is 17.0 Å². The van der Waals surface area contributed by atoms with Crippen LogP contribution in [0.25, 0.3) is 11.8 Å². The van der Waals surface area contributed by atoms with E-state index in [1.165, 1.54) is 17.0 Å². The third-order valence-corrected chi connectivity index (χ3v) is 7.09. The SMILES string of the molecule is Cc1cccc(N2C(=O)/C(=C/c3cc(C)n(-c4ccc(Oc5ccc([N+](=O)[O-])cc5[N+](=O)[O-])cc4)c3C)C(=O)NC2=S)c1. The van der Waals surface area contributed by atoms with Crippen molar-refractivity contribution in [1.29, 1.82) is 0 Å². The van der Waals surface area contributed by atoms with Gasteiger partial charge < -0.3 is 9.30 Å². The quantitative estimate of drug-likeness (QED) is 0.0917. The molecule has 5 rings (SSSR count). The van der Waals surface area contributed by atoms with E-state index in [0.29, 0.717) is 11.3 Å². The van der Waals surface area contributed by atoms with Gasteiger partial charge in [-0.25, -0.2) is 0 Å². The second-order valence-electron chi connectivity index (χ2n) is 9.72. The minimum Gasteiger partial charge on any atom is -0.450 e. The van der Waals surface area contributed by atoms with Crippen LogP contribution >= 0.6 is 12.2 Å². The van der Waals surface area contributed by atoms with Gasteiger partial charge in [0.05, 0.1) is 21.6 Å². The molecule has 0 aliphatic carbocycles. The highest BCUT2D eigenvalue weighted by molar-refractivity contribution is 7.80. The number of benzene rings is 3. The summed E-state index contributed by atoms with van der Waals surface area (Å²) in [5, 5.41) is 25.1. The highest BCUT2D eigenvalue weighted by Gasteiger charge is 2.34. The number of nitro benzene ring substituents is 2. The van der Waals surface area contributed by atoms with Gasteiger partial charge in [0.2, 0.25) is 5.75 Å². The van der Waals surface area contributed by atoms with Crippen LogP contribution in [-0.4, -0.2) is 31.3 Å². The number of ether oxygens (including phenoxy) is 1. The molecular weight excluding hydrogens is 574 g/mol. The molecule has 0 spiro atoms. The number of non-ortho nitro benzene ring substituents is 1. The number of amides is 2. The number of nitrogens with zero attached hydrogens (tertiary/aromatic N) is 4. The van der Waals surface area contributed by atoms with Crippen LogP contribution in [0.5, 0.6) is 11.5 Å². The molecule has 2 amide bonds. The van der Waals surface area contributed by atoms with Gasteiger partial charge in [0.1, 0.15) is 11.3 Å². The van der Waals surface area contributed by atoms with E-state index >= 15 is 0 Å². The molecule has 0 bridgehead atoms. The molecule has 43 heavy (non-hydrogen) atoms. The number of carbonyl (C=O) groups is 2. The minimum absolute atomic E-state index is 0.00425. The van der Waals surface area contributed by atoms with Gasteiger partial charge in [0.15, 0.2) is 5.11 Å². The molecule has 1 N–H and O–H groups in total. The first kappa shape index (κ1) is 28.8. The summed E-state index contributed by atoms with van der Waals surface area (Å²) in [5.41, 5.74) is 3.41. The molecule has 1 aliphatic rings. The summed E-state index contributed by atoms with van der Waals surface area (Å²) in [5.74, 6) is -0.987. The Morgan fingerprint density at radius 1 is 0.884 bits per heavy atom. The zero-order valence-electron chi connectivity index (χ0n) is 23.1. The van der Waals surface area contributed by atoms with Crippen LogP contribution in [0.4, 0.5) is 17.1 Å². The van der Waals surface area contributed by atoms with E-state index in [-0.39, 0.29) is 22.2 Å². The monoisotopic (exact) mass is 597 g/mol. The van der Waals surface area contributed by atoms with Gasteiger partial charge >= 0.3 is 5.69 Å². The Morgan fingerprint density at radius 3 is 2.26 bits per heavy atom. The van der Waals surface area contributed by atoms with Crippen LogP contribution in [0.3, 0.4) is 0 Å². The van der Waals surface area contributed by atoms with Crippen LogP contribution in [0.1, 0.15) is 22.5 Å². The van der Waals surface area contributed by atoms with Crippen molar-refractivity contribution < 1.29 is 24.2 Å². The Morgan fingerprint density at radius 2 is 1.60 bits per heavy atom. The fourth-order valence-corrected chi connectivity index (χ4v) is 5.07. The number of aromatic nitrogens is 1. The molecule has 0 atom stereocenters. The maximum atomic E-state index is 13.5. The molecule has 4 aromatic rings. The molecule has 1 saturated heterocycles. The van der Waals surface area contributed by atoms with E-state index in [1.54, 1.807) is 42.5 Å². The lowest BCUT2D eigenvalue weighted by molar-refractivity contribution is -0.394. The first-order valence-electron chi connectivity index (χ1n) is 12.8. The van der Waals surface area contributed by atoms with Crippen molar-refractivity contribution in [2.75, 3.05) is 4.90 Å². The zero-order chi connectivity index (χ0) is 31.0. The molecule has 3 aromatic carbocycles. The predicted molar refractivity (Wildman–Crippen MR) is 162 cm³/mol. The predicted octanol–water partition coefficient (Wildman–Crippen LogP) is 5.84. The number of nitro groups is 2. The van der Waals surface area contributed by atoms with Gasteiger partial charge in [0.25, 0.3) is 17.5 Å². The van der Waals surface area contributed by atoms with Crippen LogP contribution in [0.15, 0.2) is 78.4 Å². The molecule has 216 valence electrons. The van der Waals surface area contributed by atoms with Crippen molar-refractivity contribution in [1.82, 2.24) is 9.88 Å². The summed E-state index contributed by atoms with van der Waals surface area (Å²) in [4.78, 5) is 48.6. The molecule has 0 saturated carbocycles. The van der Waals surface area contributed by atoms with Gasteiger partial charge in [-0.05, 0) is 98.7 Å². The number of nitrogens with one attached hydrogen (secondary N) is 1. The average Bonchev–Trinajstić information content (AvgIpc) is 3.23. The van der Waals surface area contributed by atoms with Gasteiger partial charge in [-0.15, -0.1) is 0 Å². The first-order chi connectivity index (χ1) is 20.4. The maximum Gasteiger partial charge on any atom is 0.318 e. The van der Waals surface area contributed by atoms with Crippen molar-refractivity contribution in [2.45, 2.75) is 20.8 Å². The normalized spacial score (nSPS) is 14.2. The Kier molecular flexibility index (Phi) is 7.57. The van der Waals surface area contributed by atoms with Crippen molar-refractivity contribution in [2.24, 2.45) is 0 Å². The topological polar surface area (TPSA) is 150 Å². The van der Waals surface area contributed by atoms with Crippen molar-refractivity contribution in [3.05, 3.63) is 121 Å².